The Hall–Kier alpha value is 0.930. The SMILES string of the molecule is N#CCCC(Br)(Br)CCCBr. The van der Waals surface area contributed by atoms with Crippen molar-refractivity contribution in [1.29, 1.82) is 5.26 Å². The van der Waals surface area contributed by atoms with Gasteiger partial charge in [0, 0.05) is 11.8 Å². The smallest absolute Gasteiger partial charge is 0.0815 e. The summed E-state index contributed by atoms with van der Waals surface area (Å²) in [5, 5.41) is 9.37. The molecule has 0 aromatic rings. The van der Waals surface area contributed by atoms with Gasteiger partial charge in [-0.05, 0) is 19.3 Å². The van der Waals surface area contributed by atoms with E-state index in [0.29, 0.717) is 6.42 Å². The lowest BCUT2D eigenvalue weighted by molar-refractivity contribution is 0.679. The Balaban J connectivity index is 3.54. The number of rotatable bonds is 5. The van der Waals surface area contributed by atoms with E-state index in [2.05, 4.69) is 53.9 Å². The number of hydrogen-bond acceptors (Lipinski definition) is 1. The summed E-state index contributed by atoms with van der Waals surface area (Å²) in [6.45, 7) is 0. The molecule has 0 aromatic carbocycles. The first kappa shape index (κ1) is 11.9. The molecule has 0 unspecified atom stereocenters. The summed E-state index contributed by atoms with van der Waals surface area (Å²) in [4.78, 5) is 0. The zero-order valence-corrected chi connectivity index (χ0v) is 10.9. The fraction of sp³-hybridized carbons (Fsp3) is 0.857. The molecule has 0 spiro atoms. The van der Waals surface area contributed by atoms with E-state index in [1.165, 1.54) is 0 Å². The second-order valence-corrected chi connectivity index (χ2v) is 7.20. The molecule has 0 aliphatic carbocycles. The van der Waals surface area contributed by atoms with E-state index in [1.54, 1.807) is 0 Å². The molecule has 11 heavy (non-hydrogen) atoms. The van der Waals surface area contributed by atoms with Gasteiger partial charge in [-0.1, -0.05) is 47.8 Å². The Bertz CT molecular complexity index is 139. The molecule has 0 fully saturated rings. The van der Waals surface area contributed by atoms with E-state index in [-0.39, 0.29) is 3.23 Å². The molecule has 0 amide bonds. The molecule has 0 radical (unpaired) electrons. The molecule has 0 saturated heterocycles. The van der Waals surface area contributed by atoms with E-state index in [9.17, 15) is 0 Å². The molecule has 0 atom stereocenters. The van der Waals surface area contributed by atoms with Crippen LogP contribution >= 0.6 is 47.8 Å². The second-order valence-electron chi connectivity index (χ2n) is 2.31. The van der Waals surface area contributed by atoms with Crippen molar-refractivity contribution in [2.45, 2.75) is 28.9 Å². The summed E-state index contributed by atoms with van der Waals surface area (Å²) in [6.07, 6.45) is 3.61. The summed E-state index contributed by atoms with van der Waals surface area (Å²) in [5.41, 5.74) is 0. The number of halogens is 3. The van der Waals surface area contributed by atoms with Gasteiger partial charge in [0.2, 0.25) is 0 Å². The quantitative estimate of drug-likeness (QED) is 0.691. The van der Waals surface area contributed by atoms with Crippen LogP contribution in [0, 0.1) is 11.3 Å². The van der Waals surface area contributed by atoms with Crippen molar-refractivity contribution in [3.05, 3.63) is 0 Å². The van der Waals surface area contributed by atoms with Crippen LogP contribution in [0.3, 0.4) is 0 Å². The van der Waals surface area contributed by atoms with Gasteiger partial charge in [-0.15, -0.1) is 0 Å². The Morgan fingerprint density at radius 1 is 1.27 bits per heavy atom. The van der Waals surface area contributed by atoms with Gasteiger partial charge in [-0.2, -0.15) is 5.26 Å². The largest absolute Gasteiger partial charge is 0.198 e. The lowest BCUT2D eigenvalue weighted by atomic mass is 10.2. The normalized spacial score (nSPS) is 11.1. The highest BCUT2D eigenvalue weighted by Gasteiger charge is 2.20. The number of hydrogen-bond donors (Lipinski definition) is 0. The minimum Gasteiger partial charge on any atom is -0.198 e. The van der Waals surface area contributed by atoms with Crippen molar-refractivity contribution in [3.63, 3.8) is 0 Å². The van der Waals surface area contributed by atoms with Gasteiger partial charge in [0.1, 0.15) is 0 Å². The highest BCUT2D eigenvalue weighted by atomic mass is 79.9. The fourth-order valence-electron chi connectivity index (χ4n) is 0.689. The third kappa shape index (κ3) is 7.30. The van der Waals surface area contributed by atoms with Crippen molar-refractivity contribution >= 4 is 47.8 Å². The monoisotopic (exact) mass is 345 g/mol. The van der Waals surface area contributed by atoms with Crippen LogP contribution in [-0.4, -0.2) is 8.56 Å². The molecule has 0 aliphatic rings. The predicted molar refractivity (Wildman–Crippen MR) is 58.5 cm³/mol. The highest BCUT2D eigenvalue weighted by Crippen LogP contribution is 2.36. The maximum atomic E-state index is 8.35. The van der Waals surface area contributed by atoms with Crippen molar-refractivity contribution in [2.24, 2.45) is 0 Å². The van der Waals surface area contributed by atoms with Gasteiger partial charge in [-0.25, -0.2) is 0 Å². The Kier molecular flexibility index (Phi) is 6.99. The molecule has 0 aromatic heterocycles. The molecule has 4 heteroatoms. The first-order chi connectivity index (χ1) is 5.12. The molecule has 0 bridgehead atoms. The van der Waals surface area contributed by atoms with Crippen LogP contribution in [0.25, 0.3) is 0 Å². The number of alkyl halides is 3. The van der Waals surface area contributed by atoms with Gasteiger partial charge < -0.3 is 0 Å². The van der Waals surface area contributed by atoms with Crippen LogP contribution < -0.4 is 0 Å². The van der Waals surface area contributed by atoms with Crippen LogP contribution in [0.5, 0.6) is 0 Å². The van der Waals surface area contributed by atoms with Crippen molar-refractivity contribution < 1.29 is 0 Å². The number of nitriles is 1. The van der Waals surface area contributed by atoms with Crippen LogP contribution in [0.4, 0.5) is 0 Å². The fourth-order valence-corrected chi connectivity index (χ4v) is 1.93. The van der Waals surface area contributed by atoms with Crippen LogP contribution in [0.2, 0.25) is 0 Å². The highest BCUT2D eigenvalue weighted by molar-refractivity contribution is 9.25. The Labute approximate surface area is 92.9 Å². The molecule has 0 rings (SSSR count). The lowest BCUT2D eigenvalue weighted by Gasteiger charge is -2.17. The lowest BCUT2D eigenvalue weighted by Crippen LogP contribution is -2.10. The van der Waals surface area contributed by atoms with Gasteiger partial charge in [0.05, 0.1) is 9.30 Å². The van der Waals surface area contributed by atoms with Crippen LogP contribution in [0.1, 0.15) is 25.7 Å². The molecule has 0 N–H and O–H groups in total. The number of nitrogens with zero attached hydrogens (tertiary/aromatic N) is 1. The van der Waals surface area contributed by atoms with Crippen molar-refractivity contribution in [3.8, 4) is 6.07 Å². The third-order valence-electron chi connectivity index (χ3n) is 1.28. The van der Waals surface area contributed by atoms with E-state index < -0.39 is 0 Å². The molecular weight excluding hydrogens is 338 g/mol. The standard InChI is InChI=1S/C7H10Br3N/c8-5-1-3-7(9,10)4-2-6-11/h1-5H2. The summed E-state index contributed by atoms with van der Waals surface area (Å²) in [5.74, 6) is 0. The summed E-state index contributed by atoms with van der Waals surface area (Å²) in [7, 11) is 0. The first-order valence-corrected chi connectivity index (χ1v) is 6.14. The van der Waals surface area contributed by atoms with E-state index in [4.69, 9.17) is 5.26 Å². The molecule has 1 nitrogen and oxygen atoms in total. The van der Waals surface area contributed by atoms with Crippen LogP contribution in [0.15, 0.2) is 0 Å². The topological polar surface area (TPSA) is 23.8 Å². The predicted octanol–water partition coefficient (Wildman–Crippen LogP) is 3.95. The van der Waals surface area contributed by atoms with E-state index in [1.807, 2.05) is 0 Å². The van der Waals surface area contributed by atoms with Gasteiger partial charge >= 0.3 is 0 Å². The molecule has 0 heterocycles. The third-order valence-corrected chi connectivity index (χ3v) is 3.43. The zero-order chi connectivity index (χ0) is 8.74. The van der Waals surface area contributed by atoms with Crippen molar-refractivity contribution in [2.75, 3.05) is 5.33 Å². The van der Waals surface area contributed by atoms with Gasteiger partial charge in [0.25, 0.3) is 0 Å². The minimum atomic E-state index is -0.0243. The second kappa shape index (κ2) is 6.45. The first-order valence-electron chi connectivity index (χ1n) is 3.43. The van der Waals surface area contributed by atoms with E-state index >= 15 is 0 Å². The zero-order valence-electron chi connectivity index (χ0n) is 6.12. The molecular formula is C7H10Br3N. The summed E-state index contributed by atoms with van der Waals surface area (Å²) in [6, 6.07) is 2.13. The van der Waals surface area contributed by atoms with Gasteiger partial charge in [0.15, 0.2) is 0 Å². The molecule has 0 saturated carbocycles. The van der Waals surface area contributed by atoms with Gasteiger partial charge in [-0.3, -0.25) is 0 Å². The van der Waals surface area contributed by atoms with Crippen molar-refractivity contribution in [1.82, 2.24) is 0 Å². The average Bonchev–Trinajstić information content (AvgIpc) is 1.97. The maximum Gasteiger partial charge on any atom is 0.0815 e. The molecule has 64 valence electrons. The minimum absolute atomic E-state index is 0.0243. The summed E-state index contributed by atoms with van der Waals surface area (Å²) < 4.78 is -0.0243. The molecule has 0 aliphatic heterocycles. The van der Waals surface area contributed by atoms with Crippen LogP contribution in [-0.2, 0) is 0 Å². The Morgan fingerprint density at radius 3 is 2.36 bits per heavy atom. The maximum absolute atomic E-state index is 8.35. The average molecular weight is 348 g/mol. The summed E-state index contributed by atoms with van der Waals surface area (Å²) >= 11 is 10.4. The van der Waals surface area contributed by atoms with E-state index in [0.717, 1.165) is 24.6 Å². The Morgan fingerprint density at radius 2 is 1.91 bits per heavy atom.